The van der Waals surface area contributed by atoms with Gasteiger partial charge in [0.15, 0.2) is 0 Å². The van der Waals surface area contributed by atoms with Crippen molar-refractivity contribution in [2.45, 2.75) is 31.8 Å². The van der Waals surface area contributed by atoms with Crippen LogP contribution < -0.4 is 10.1 Å². The van der Waals surface area contributed by atoms with Crippen molar-refractivity contribution in [1.82, 2.24) is 5.32 Å². The maximum atomic E-state index is 11.7. The van der Waals surface area contributed by atoms with E-state index in [1.54, 1.807) is 7.11 Å². The molecule has 4 heteroatoms. The molecule has 0 heterocycles. The zero-order chi connectivity index (χ0) is 13.7. The third-order valence-electron chi connectivity index (χ3n) is 3.57. The molecule has 0 saturated heterocycles. The second-order valence-corrected chi connectivity index (χ2v) is 5.15. The zero-order valence-electron chi connectivity index (χ0n) is 11.3. The van der Waals surface area contributed by atoms with Crippen molar-refractivity contribution in [2.75, 3.05) is 13.7 Å². The lowest BCUT2D eigenvalue weighted by molar-refractivity contribution is -0.121. The number of carbonyl (C=O) groups is 1. The molecule has 0 unspecified atom stereocenters. The molecule has 1 aromatic carbocycles. The Morgan fingerprint density at radius 3 is 2.95 bits per heavy atom. The van der Waals surface area contributed by atoms with E-state index >= 15 is 0 Å². The van der Waals surface area contributed by atoms with Crippen LogP contribution in [0.4, 0.5) is 0 Å². The fourth-order valence-electron chi connectivity index (χ4n) is 2.30. The smallest absolute Gasteiger partial charge is 0.220 e. The highest BCUT2D eigenvalue weighted by molar-refractivity contribution is 5.76. The summed E-state index contributed by atoms with van der Waals surface area (Å²) in [6.45, 7) is 0.688. The molecule has 0 aromatic heterocycles. The first kappa shape index (κ1) is 13.9. The van der Waals surface area contributed by atoms with Crippen LogP contribution in [0.1, 0.15) is 24.8 Å². The van der Waals surface area contributed by atoms with Crippen LogP contribution in [-0.2, 0) is 11.2 Å². The van der Waals surface area contributed by atoms with E-state index in [2.05, 4.69) is 5.32 Å². The Hall–Kier alpha value is -1.55. The molecule has 104 valence electrons. The number of benzene rings is 1. The van der Waals surface area contributed by atoms with E-state index in [1.807, 2.05) is 24.3 Å². The van der Waals surface area contributed by atoms with Crippen molar-refractivity contribution in [1.29, 1.82) is 0 Å². The number of ether oxygens (including phenoxy) is 1. The van der Waals surface area contributed by atoms with Gasteiger partial charge in [0.25, 0.3) is 0 Å². The monoisotopic (exact) mass is 263 g/mol. The molecule has 0 atom stereocenters. The molecule has 1 amide bonds. The normalized spacial score (nSPS) is 21.6. The largest absolute Gasteiger partial charge is 0.497 e. The third kappa shape index (κ3) is 4.24. The number of hydrogen-bond donors (Lipinski definition) is 2. The van der Waals surface area contributed by atoms with Gasteiger partial charge in [-0.1, -0.05) is 12.1 Å². The summed E-state index contributed by atoms with van der Waals surface area (Å²) in [5.41, 5.74) is 1.11. The number of aliphatic hydroxyl groups excluding tert-OH is 1. The third-order valence-corrected chi connectivity index (χ3v) is 3.57. The van der Waals surface area contributed by atoms with Crippen LogP contribution in [0.2, 0.25) is 0 Å². The molecule has 0 spiro atoms. The molecular weight excluding hydrogens is 242 g/mol. The molecule has 1 aliphatic carbocycles. The molecule has 2 N–H and O–H groups in total. The highest BCUT2D eigenvalue weighted by Crippen LogP contribution is 2.26. The van der Waals surface area contributed by atoms with E-state index in [1.165, 1.54) is 0 Å². The minimum Gasteiger partial charge on any atom is -0.497 e. The number of nitrogens with one attached hydrogen (secondary N) is 1. The number of aryl methyl sites for hydroxylation is 1. The maximum absolute atomic E-state index is 11.7. The Morgan fingerprint density at radius 2 is 2.26 bits per heavy atom. The molecule has 2 rings (SSSR count). The highest BCUT2D eigenvalue weighted by atomic mass is 16.5. The second kappa shape index (κ2) is 6.57. The van der Waals surface area contributed by atoms with Gasteiger partial charge in [-0.3, -0.25) is 4.79 Å². The van der Waals surface area contributed by atoms with Crippen molar-refractivity contribution < 1.29 is 14.6 Å². The topological polar surface area (TPSA) is 58.6 Å². The molecule has 19 heavy (non-hydrogen) atoms. The van der Waals surface area contributed by atoms with Gasteiger partial charge in [0.2, 0.25) is 5.91 Å². The van der Waals surface area contributed by atoms with Gasteiger partial charge in [0.05, 0.1) is 13.2 Å². The molecule has 0 bridgehead atoms. The zero-order valence-corrected chi connectivity index (χ0v) is 11.3. The Kier molecular flexibility index (Phi) is 4.80. The fraction of sp³-hybridized carbons (Fsp3) is 0.533. The Balaban J connectivity index is 1.67. The van der Waals surface area contributed by atoms with Gasteiger partial charge >= 0.3 is 0 Å². The van der Waals surface area contributed by atoms with Crippen LogP contribution in [0.25, 0.3) is 0 Å². The van der Waals surface area contributed by atoms with Crippen LogP contribution >= 0.6 is 0 Å². The van der Waals surface area contributed by atoms with E-state index in [0.29, 0.717) is 18.9 Å². The van der Waals surface area contributed by atoms with Crippen molar-refractivity contribution >= 4 is 5.91 Å². The summed E-state index contributed by atoms with van der Waals surface area (Å²) in [5, 5.41) is 12.1. The van der Waals surface area contributed by atoms with Crippen LogP contribution in [0, 0.1) is 5.92 Å². The number of hydrogen-bond acceptors (Lipinski definition) is 3. The van der Waals surface area contributed by atoms with Crippen LogP contribution in [0.5, 0.6) is 5.75 Å². The number of rotatable bonds is 6. The van der Waals surface area contributed by atoms with E-state index in [4.69, 9.17) is 9.84 Å². The van der Waals surface area contributed by atoms with Gasteiger partial charge in [-0.2, -0.15) is 0 Å². The second-order valence-electron chi connectivity index (χ2n) is 5.15. The van der Waals surface area contributed by atoms with Gasteiger partial charge in [-0.15, -0.1) is 0 Å². The lowest BCUT2D eigenvalue weighted by atomic mass is 9.82. The fourth-order valence-corrected chi connectivity index (χ4v) is 2.30. The molecule has 1 aromatic rings. The summed E-state index contributed by atoms with van der Waals surface area (Å²) >= 11 is 0. The van der Waals surface area contributed by atoms with Gasteiger partial charge in [-0.25, -0.2) is 0 Å². The Bertz CT molecular complexity index is 427. The first-order valence-electron chi connectivity index (χ1n) is 6.75. The molecule has 0 radical (unpaired) electrons. The number of carbonyl (C=O) groups excluding carboxylic acids is 1. The Labute approximate surface area is 113 Å². The van der Waals surface area contributed by atoms with Gasteiger partial charge < -0.3 is 15.2 Å². The molecule has 0 aliphatic heterocycles. The average molecular weight is 263 g/mol. The maximum Gasteiger partial charge on any atom is 0.220 e. The summed E-state index contributed by atoms with van der Waals surface area (Å²) < 4.78 is 5.15. The van der Waals surface area contributed by atoms with Gasteiger partial charge in [-0.05, 0) is 42.9 Å². The van der Waals surface area contributed by atoms with E-state index in [9.17, 15) is 4.79 Å². The minimum absolute atomic E-state index is 0.0733. The van der Waals surface area contributed by atoms with E-state index in [-0.39, 0.29) is 12.0 Å². The quantitative estimate of drug-likeness (QED) is 0.818. The first-order chi connectivity index (χ1) is 9.17. The average Bonchev–Trinajstić information content (AvgIpc) is 2.40. The number of amides is 1. The predicted octanol–water partition coefficient (Wildman–Crippen LogP) is 1.51. The highest BCUT2D eigenvalue weighted by Gasteiger charge is 2.26. The van der Waals surface area contributed by atoms with Crippen molar-refractivity contribution in [3.63, 3.8) is 0 Å². The SMILES string of the molecule is COc1cccc(CCC(=O)NCC2CC(O)C2)c1. The Morgan fingerprint density at radius 1 is 1.47 bits per heavy atom. The van der Waals surface area contributed by atoms with Gasteiger partial charge in [0, 0.05) is 13.0 Å². The summed E-state index contributed by atoms with van der Waals surface area (Å²) in [4.78, 5) is 11.7. The number of aliphatic hydroxyl groups is 1. The first-order valence-corrected chi connectivity index (χ1v) is 6.75. The lowest BCUT2D eigenvalue weighted by Gasteiger charge is -2.31. The van der Waals surface area contributed by atoms with Crippen LogP contribution in [-0.4, -0.2) is 30.8 Å². The summed E-state index contributed by atoms with van der Waals surface area (Å²) in [7, 11) is 1.64. The van der Waals surface area contributed by atoms with Crippen molar-refractivity contribution in [2.24, 2.45) is 5.92 Å². The van der Waals surface area contributed by atoms with Gasteiger partial charge in [0.1, 0.15) is 5.75 Å². The van der Waals surface area contributed by atoms with E-state index in [0.717, 1.165) is 30.6 Å². The van der Waals surface area contributed by atoms with Crippen LogP contribution in [0.15, 0.2) is 24.3 Å². The van der Waals surface area contributed by atoms with Crippen molar-refractivity contribution in [3.8, 4) is 5.75 Å². The summed E-state index contributed by atoms with van der Waals surface area (Å²) in [6.07, 6.45) is 2.68. The van der Waals surface area contributed by atoms with Crippen LogP contribution in [0.3, 0.4) is 0 Å². The standard InChI is InChI=1S/C15H21NO3/c1-19-14-4-2-3-11(9-14)5-6-15(18)16-10-12-7-13(17)8-12/h2-4,9,12-13,17H,5-8,10H2,1H3,(H,16,18). The predicted molar refractivity (Wildman–Crippen MR) is 73.1 cm³/mol. The van der Waals surface area contributed by atoms with Crippen molar-refractivity contribution in [3.05, 3.63) is 29.8 Å². The molecule has 1 saturated carbocycles. The summed E-state index contributed by atoms with van der Waals surface area (Å²) in [5.74, 6) is 1.35. The molecule has 1 aliphatic rings. The lowest BCUT2D eigenvalue weighted by Crippen LogP contribution is -2.38. The molecule has 1 fully saturated rings. The van der Waals surface area contributed by atoms with E-state index < -0.39 is 0 Å². The summed E-state index contributed by atoms with van der Waals surface area (Å²) in [6, 6.07) is 7.78. The molecular formula is C15H21NO3. The minimum atomic E-state index is -0.154. The number of methoxy groups -OCH3 is 1. The molecule has 4 nitrogen and oxygen atoms in total.